The second-order valence-corrected chi connectivity index (χ2v) is 5.41. The average Bonchev–Trinajstić information content (AvgIpc) is 2.95. The number of nitrogen functional groups attached to an aromatic ring is 1. The van der Waals surface area contributed by atoms with Gasteiger partial charge in [-0.15, -0.1) is 5.10 Å². The zero-order valence-electron chi connectivity index (χ0n) is 10.1. The van der Waals surface area contributed by atoms with E-state index >= 15 is 0 Å². The maximum atomic E-state index is 12.1. The van der Waals surface area contributed by atoms with E-state index in [1.807, 2.05) is 0 Å². The molecule has 3 rings (SSSR count). The molecule has 1 aromatic carbocycles. The number of rotatable bonds is 3. The van der Waals surface area contributed by atoms with Crippen LogP contribution in [0, 0.1) is 0 Å². The zero-order chi connectivity index (χ0) is 13.4. The van der Waals surface area contributed by atoms with Crippen LogP contribution in [-0.4, -0.2) is 24.2 Å². The van der Waals surface area contributed by atoms with Crippen LogP contribution in [-0.2, 0) is 23.6 Å². The van der Waals surface area contributed by atoms with Crippen LogP contribution in [0.15, 0.2) is 34.0 Å². The van der Waals surface area contributed by atoms with Crippen molar-refractivity contribution in [3.63, 3.8) is 0 Å². The van der Waals surface area contributed by atoms with Crippen molar-refractivity contribution in [3.05, 3.63) is 30.1 Å². The Balaban J connectivity index is 1.89. The molecule has 0 radical (unpaired) electrons. The molecule has 1 unspecified atom stereocenters. The van der Waals surface area contributed by atoms with Crippen LogP contribution in [0.25, 0.3) is 11.1 Å². The monoisotopic (exact) mass is 277 g/mol. The highest BCUT2D eigenvalue weighted by Gasteiger charge is 2.15. The van der Waals surface area contributed by atoms with Crippen molar-refractivity contribution >= 4 is 27.6 Å². The second-order valence-electron chi connectivity index (χ2n) is 4.08. The Kier molecular flexibility index (Phi) is 2.79. The normalized spacial score (nSPS) is 12.9. The van der Waals surface area contributed by atoms with Gasteiger partial charge in [-0.3, -0.25) is 4.68 Å². The first kappa shape index (κ1) is 11.8. The number of oxazole rings is 1. The quantitative estimate of drug-likeness (QED) is 0.712. The van der Waals surface area contributed by atoms with Gasteiger partial charge in [0.2, 0.25) is 0 Å². The molecule has 2 aromatic heterocycles. The molecule has 8 heteroatoms. The van der Waals surface area contributed by atoms with Crippen molar-refractivity contribution in [2.24, 2.45) is 7.05 Å². The van der Waals surface area contributed by atoms with Crippen molar-refractivity contribution in [1.29, 1.82) is 0 Å². The van der Waals surface area contributed by atoms with Gasteiger partial charge in [0.05, 0.1) is 11.4 Å². The number of nitrogens with two attached hydrogens (primary N) is 1. The fourth-order valence-corrected chi connectivity index (χ4v) is 2.58. The lowest BCUT2D eigenvalue weighted by Gasteiger charge is -1.92. The second kappa shape index (κ2) is 4.47. The van der Waals surface area contributed by atoms with Crippen molar-refractivity contribution in [2.45, 2.75) is 11.0 Å². The third-order valence-corrected chi connectivity index (χ3v) is 3.64. The van der Waals surface area contributed by atoms with E-state index in [0.717, 1.165) is 0 Å². The molecule has 2 N–H and O–H groups in total. The third kappa shape index (κ3) is 2.34. The number of hydrogen-bond donors (Lipinski definition) is 1. The van der Waals surface area contributed by atoms with E-state index in [2.05, 4.69) is 15.3 Å². The Hall–Kier alpha value is -2.22. The average molecular weight is 277 g/mol. The smallest absolute Gasteiger partial charge is 0.288 e. The van der Waals surface area contributed by atoms with Crippen molar-refractivity contribution in [3.8, 4) is 0 Å². The highest BCUT2D eigenvalue weighted by atomic mass is 32.2. The largest absolute Gasteiger partial charge is 0.430 e. The molecule has 0 saturated carbocycles. The summed E-state index contributed by atoms with van der Waals surface area (Å²) in [6.07, 6.45) is 1.71. The first-order chi connectivity index (χ1) is 9.11. The van der Waals surface area contributed by atoms with Crippen LogP contribution in [0.5, 0.6) is 0 Å². The van der Waals surface area contributed by atoms with Crippen LogP contribution in [0.3, 0.4) is 0 Å². The van der Waals surface area contributed by atoms with Gasteiger partial charge in [0.25, 0.3) is 5.22 Å². The first-order valence-electron chi connectivity index (χ1n) is 5.51. The summed E-state index contributed by atoms with van der Waals surface area (Å²) in [5.41, 5.74) is 8.02. The first-order valence-corrected chi connectivity index (χ1v) is 6.83. The van der Waals surface area contributed by atoms with Crippen LogP contribution in [0.1, 0.15) is 5.69 Å². The lowest BCUT2D eigenvalue weighted by Crippen LogP contribution is -1.97. The zero-order valence-corrected chi connectivity index (χ0v) is 10.9. The van der Waals surface area contributed by atoms with Gasteiger partial charge in [-0.2, -0.15) is 0 Å². The molecule has 1 atom stereocenters. The van der Waals surface area contributed by atoms with Crippen LogP contribution < -0.4 is 5.73 Å². The van der Waals surface area contributed by atoms with Gasteiger partial charge in [-0.25, -0.2) is 9.19 Å². The topological polar surface area (TPSA) is 99.8 Å². The molecule has 19 heavy (non-hydrogen) atoms. The van der Waals surface area contributed by atoms with Gasteiger partial charge in [0.15, 0.2) is 5.58 Å². The molecule has 3 aromatic rings. The van der Waals surface area contributed by atoms with E-state index in [9.17, 15) is 4.21 Å². The molecule has 0 bridgehead atoms. The lowest BCUT2D eigenvalue weighted by atomic mass is 10.3. The highest BCUT2D eigenvalue weighted by Crippen LogP contribution is 2.21. The third-order valence-electron chi connectivity index (χ3n) is 2.52. The summed E-state index contributed by atoms with van der Waals surface area (Å²) in [5, 5.41) is 7.83. The van der Waals surface area contributed by atoms with Gasteiger partial charge >= 0.3 is 0 Å². The van der Waals surface area contributed by atoms with E-state index in [1.54, 1.807) is 36.1 Å². The molecule has 0 fully saturated rings. The Morgan fingerprint density at radius 1 is 1.47 bits per heavy atom. The van der Waals surface area contributed by atoms with E-state index in [-0.39, 0.29) is 11.0 Å². The van der Waals surface area contributed by atoms with E-state index in [4.69, 9.17) is 10.2 Å². The fourth-order valence-electron chi connectivity index (χ4n) is 1.67. The van der Waals surface area contributed by atoms with E-state index < -0.39 is 10.8 Å². The SMILES string of the molecule is Cn1cc(CS(=O)c2nc3ccc(N)cc3o2)nn1. The van der Waals surface area contributed by atoms with Crippen LogP contribution in [0.4, 0.5) is 5.69 Å². The van der Waals surface area contributed by atoms with E-state index in [1.165, 1.54) is 0 Å². The Bertz CT molecular complexity index is 763. The maximum Gasteiger partial charge on any atom is 0.288 e. The number of aryl methyl sites for hydroxylation is 1. The molecule has 0 aliphatic heterocycles. The molecule has 2 heterocycles. The highest BCUT2D eigenvalue weighted by molar-refractivity contribution is 7.84. The summed E-state index contributed by atoms with van der Waals surface area (Å²) in [4.78, 5) is 4.18. The van der Waals surface area contributed by atoms with Crippen LogP contribution in [0.2, 0.25) is 0 Å². The molecular weight excluding hydrogens is 266 g/mol. The summed E-state index contributed by atoms with van der Waals surface area (Å²) < 4.78 is 19.1. The standard InChI is InChI=1S/C11H11N5O2S/c1-16-5-8(14-15-16)6-19(17)11-13-9-3-2-7(12)4-10(9)18-11/h2-5H,6,12H2,1H3. The Morgan fingerprint density at radius 2 is 2.32 bits per heavy atom. The summed E-state index contributed by atoms with van der Waals surface area (Å²) >= 11 is 0. The van der Waals surface area contributed by atoms with Crippen molar-refractivity contribution in [2.75, 3.05) is 5.73 Å². The number of fused-ring (bicyclic) bond motifs is 1. The number of nitrogens with zero attached hydrogens (tertiary/aromatic N) is 4. The predicted molar refractivity (Wildman–Crippen MR) is 69.5 cm³/mol. The minimum absolute atomic E-state index is 0.172. The van der Waals surface area contributed by atoms with Gasteiger partial charge in [0.1, 0.15) is 16.3 Å². The fraction of sp³-hybridized carbons (Fsp3) is 0.182. The molecule has 0 aliphatic rings. The van der Waals surface area contributed by atoms with Crippen LogP contribution >= 0.6 is 0 Å². The minimum Gasteiger partial charge on any atom is -0.430 e. The summed E-state index contributed by atoms with van der Waals surface area (Å²) in [7, 11) is 0.357. The number of aromatic nitrogens is 4. The number of benzene rings is 1. The van der Waals surface area contributed by atoms with Crippen molar-refractivity contribution in [1.82, 2.24) is 20.0 Å². The van der Waals surface area contributed by atoms with Gasteiger partial charge in [-0.05, 0) is 12.1 Å². The molecule has 0 spiro atoms. The summed E-state index contributed by atoms with van der Waals surface area (Å²) in [6, 6.07) is 5.11. The van der Waals surface area contributed by atoms with E-state index in [0.29, 0.717) is 22.5 Å². The lowest BCUT2D eigenvalue weighted by molar-refractivity contribution is 0.477. The molecular formula is C11H11N5O2S. The molecule has 98 valence electrons. The number of hydrogen-bond acceptors (Lipinski definition) is 6. The minimum atomic E-state index is -1.39. The molecule has 0 aliphatic carbocycles. The van der Waals surface area contributed by atoms with Crippen molar-refractivity contribution < 1.29 is 8.63 Å². The summed E-state index contributed by atoms with van der Waals surface area (Å²) in [6.45, 7) is 0. The summed E-state index contributed by atoms with van der Waals surface area (Å²) in [5.74, 6) is 0.218. The number of anilines is 1. The Morgan fingerprint density at radius 3 is 3.05 bits per heavy atom. The molecule has 0 saturated heterocycles. The predicted octanol–water partition coefficient (Wildman–Crippen LogP) is 0.846. The molecule has 7 nitrogen and oxygen atoms in total. The maximum absolute atomic E-state index is 12.1. The Labute approximate surface area is 110 Å². The van der Waals surface area contributed by atoms with Gasteiger partial charge < -0.3 is 10.2 Å². The molecule has 0 amide bonds. The van der Waals surface area contributed by atoms with Gasteiger partial charge in [0, 0.05) is 25.0 Å². The van der Waals surface area contributed by atoms with Gasteiger partial charge in [-0.1, -0.05) is 5.21 Å².